The van der Waals surface area contributed by atoms with Crippen LogP contribution in [0.1, 0.15) is 36.3 Å². The van der Waals surface area contributed by atoms with Crippen LogP contribution in [0.2, 0.25) is 10.0 Å². The Morgan fingerprint density at radius 2 is 1.65 bits per heavy atom. The van der Waals surface area contributed by atoms with Gasteiger partial charge in [-0.1, -0.05) is 65.7 Å². The zero-order valence-electron chi connectivity index (χ0n) is 20.4. The van der Waals surface area contributed by atoms with Crippen LogP contribution in [0, 0.1) is 0 Å². The average molecular weight is 578 g/mol. The molecule has 2 aliphatic heterocycles. The molecule has 1 saturated heterocycles. The van der Waals surface area contributed by atoms with Crippen molar-refractivity contribution >= 4 is 44.0 Å². The maximum absolute atomic E-state index is 12.9. The maximum atomic E-state index is 12.9. The van der Waals surface area contributed by atoms with Crippen molar-refractivity contribution in [3.63, 3.8) is 0 Å². The highest BCUT2D eigenvalue weighted by molar-refractivity contribution is 7.89. The van der Waals surface area contributed by atoms with Crippen LogP contribution in [-0.4, -0.2) is 49.5 Å². The lowest BCUT2D eigenvalue weighted by molar-refractivity contribution is 0.167. The topological polar surface area (TPSA) is 66.5 Å². The maximum Gasteiger partial charge on any atom is 0.240 e. The minimum atomic E-state index is -3.63. The van der Waals surface area contributed by atoms with Gasteiger partial charge in [-0.15, -0.1) is 0 Å². The number of halogens is 2. The highest BCUT2D eigenvalue weighted by atomic mass is 35.5. The Morgan fingerprint density at radius 3 is 2.38 bits per heavy atom. The van der Waals surface area contributed by atoms with Gasteiger partial charge in [0.25, 0.3) is 0 Å². The Labute approximate surface area is 231 Å². The summed E-state index contributed by atoms with van der Waals surface area (Å²) in [6.45, 7) is 2.95. The predicted molar refractivity (Wildman–Crippen MR) is 151 cm³/mol. The highest BCUT2D eigenvalue weighted by Crippen LogP contribution is 2.45. The van der Waals surface area contributed by atoms with Crippen molar-refractivity contribution in [2.45, 2.75) is 40.4 Å². The molecular weight excluding hydrogens is 547 g/mol. The van der Waals surface area contributed by atoms with Gasteiger partial charge in [0.2, 0.25) is 10.0 Å². The number of hydrogen-bond donors (Lipinski definition) is 1. The Hall–Kier alpha value is -1.74. The molecule has 0 amide bonds. The third-order valence-corrected chi connectivity index (χ3v) is 11.5. The SMILES string of the molecule is O=S1CC2(CCN(CC[C@@H](CNS(=O)(=O)c3ccccc3)c3ccc(Cl)c(Cl)c3)CC2)c2ccccc21. The molecule has 9 heteroatoms. The molecule has 1 unspecified atom stereocenters. The summed E-state index contributed by atoms with van der Waals surface area (Å²) >= 11 is 12.5. The van der Waals surface area contributed by atoms with Crippen LogP contribution >= 0.6 is 23.2 Å². The first-order valence-electron chi connectivity index (χ1n) is 12.5. The number of likely N-dealkylation sites (tertiary alicyclic amines) is 1. The molecule has 196 valence electrons. The van der Waals surface area contributed by atoms with Crippen molar-refractivity contribution < 1.29 is 12.6 Å². The van der Waals surface area contributed by atoms with E-state index in [0.29, 0.717) is 15.8 Å². The molecule has 1 N–H and O–H groups in total. The van der Waals surface area contributed by atoms with Crippen LogP contribution in [0.25, 0.3) is 0 Å². The third kappa shape index (κ3) is 5.82. The lowest BCUT2D eigenvalue weighted by Gasteiger charge is -2.40. The first-order chi connectivity index (χ1) is 17.8. The fourth-order valence-electron chi connectivity index (χ4n) is 5.51. The molecule has 0 saturated carbocycles. The van der Waals surface area contributed by atoms with Crippen LogP contribution in [0.15, 0.2) is 82.6 Å². The molecule has 1 spiro atoms. The van der Waals surface area contributed by atoms with Gasteiger partial charge in [0.1, 0.15) is 0 Å². The van der Waals surface area contributed by atoms with E-state index in [4.69, 9.17) is 23.2 Å². The molecule has 0 radical (unpaired) electrons. The normalized spacial score (nSPS) is 20.1. The van der Waals surface area contributed by atoms with E-state index in [9.17, 15) is 12.6 Å². The monoisotopic (exact) mass is 576 g/mol. The number of fused-ring (bicyclic) bond motifs is 2. The fourth-order valence-corrected chi connectivity index (χ4v) is 8.78. The van der Waals surface area contributed by atoms with Crippen molar-refractivity contribution in [2.24, 2.45) is 0 Å². The van der Waals surface area contributed by atoms with E-state index in [1.165, 1.54) is 5.56 Å². The van der Waals surface area contributed by atoms with Crippen molar-refractivity contribution in [3.8, 4) is 0 Å². The molecule has 5 nitrogen and oxygen atoms in total. The molecule has 2 aliphatic rings. The van der Waals surface area contributed by atoms with Gasteiger partial charge < -0.3 is 4.90 Å². The van der Waals surface area contributed by atoms with E-state index in [1.54, 1.807) is 36.4 Å². The fraction of sp³-hybridized carbons (Fsp3) is 0.357. The highest BCUT2D eigenvalue weighted by Gasteiger charge is 2.44. The van der Waals surface area contributed by atoms with Crippen LogP contribution in [-0.2, 0) is 26.2 Å². The van der Waals surface area contributed by atoms with E-state index in [2.05, 4.69) is 15.7 Å². The quantitative estimate of drug-likeness (QED) is 0.379. The molecule has 2 atom stereocenters. The largest absolute Gasteiger partial charge is 0.303 e. The van der Waals surface area contributed by atoms with Gasteiger partial charge in [-0.05, 0) is 86.3 Å². The molecule has 0 bridgehead atoms. The van der Waals surface area contributed by atoms with E-state index in [1.807, 2.05) is 30.3 Å². The van der Waals surface area contributed by atoms with Gasteiger partial charge >= 0.3 is 0 Å². The van der Waals surface area contributed by atoms with Gasteiger partial charge in [0.05, 0.1) is 25.7 Å². The number of sulfonamides is 1. The second-order valence-electron chi connectivity index (χ2n) is 9.93. The Balaban J connectivity index is 1.26. The molecule has 3 aromatic carbocycles. The summed E-state index contributed by atoms with van der Waals surface area (Å²) in [7, 11) is -4.55. The van der Waals surface area contributed by atoms with Gasteiger partial charge in [-0.3, -0.25) is 4.21 Å². The number of benzene rings is 3. The second kappa shape index (κ2) is 11.2. The average Bonchev–Trinajstić information content (AvgIpc) is 3.18. The van der Waals surface area contributed by atoms with E-state index >= 15 is 0 Å². The summed E-state index contributed by atoms with van der Waals surface area (Å²) < 4.78 is 41.3. The smallest absolute Gasteiger partial charge is 0.240 e. The van der Waals surface area contributed by atoms with Crippen LogP contribution < -0.4 is 4.72 Å². The van der Waals surface area contributed by atoms with Crippen molar-refractivity contribution in [1.82, 2.24) is 9.62 Å². The number of nitrogens with zero attached hydrogens (tertiary/aromatic N) is 1. The summed E-state index contributed by atoms with van der Waals surface area (Å²) in [4.78, 5) is 3.69. The zero-order chi connectivity index (χ0) is 26.0. The summed E-state index contributed by atoms with van der Waals surface area (Å²) in [6.07, 6.45) is 2.73. The molecule has 1 fully saturated rings. The predicted octanol–water partition coefficient (Wildman–Crippen LogP) is 5.60. The number of piperidine rings is 1. The van der Waals surface area contributed by atoms with Crippen molar-refractivity contribution in [1.29, 1.82) is 0 Å². The molecule has 2 heterocycles. The number of hydrogen-bond acceptors (Lipinski definition) is 4. The molecule has 0 aromatic heterocycles. The zero-order valence-corrected chi connectivity index (χ0v) is 23.6. The number of rotatable bonds is 8. The summed E-state index contributed by atoms with van der Waals surface area (Å²) in [5.74, 6) is 0.650. The lowest BCUT2D eigenvalue weighted by atomic mass is 9.74. The summed E-state index contributed by atoms with van der Waals surface area (Å²) in [5.41, 5.74) is 2.22. The Bertz CT molecular complexity index is 1390. The molecular formula is C28H30Cl2N2O3S2. The minimum absolute atomic E-state index is 0.00633. The Kier molecular flexibility index (Phi) is 8.10. The first-order valence-corrected chi connectivity index (χ1v) is 16.0. The van der Waals surface area contributed by atoms with Crippen molar-refractivity contribution in [3.05, 3.63) is 94.0 Å². The molecule has 0 aliphatic carbocycles. The summed E-state index contributed by atoms with van der Waals surface area (Å²) in [5, 5.41) is 0.937. The van der Waals surface area contributed by atoms with E-state index < -0.39 is 20.8 Å². The standard InChI is InChI=1S/C28H30Cl2N2O3S2/c29-25-11-10-21(18-26(25)30)22(19-31-37(34,35)23-6-2-1-3-7-23)12-15-32-16-13-28(14-17-32)20-36(33)27-9-5-4-8-24(27)28/h1-11,18,22,31H,12-17,19-20H2/t22-,36?/m0/s1. The first kappa shape index (κ1) is 26.9. The van der Waals surface area contributed by atoms with Crippen molar-refractivity contribution in [2.75, 3.05) is 31.9 Å². The molecule has 5 rings (SSSR count). The number of nitrogens with one attached hydrogen (secondary N) is 1. The van der Waals surface area contributed by atoms with Crippen LogP contribution in [0.3, 0.4) is 0 Å². The van der Waals surface area contributed by atoms with Crippen LogP contribution in [0.5, 0.6) is 0 Å². The Morgan fingerprint density at radius 1 is 0.946 bits per heavy atom. The van der Waals surface area contributed by atoms with Gasteiger partial charge in [0.15, 0.2) is 0 Å². The second-order valence-corrected chi connectivity index (χ2v) is 13.9. The van der Waals surface area contributed by atoms with Gasteiger partial charge in [-0.2, -0.15) is 0 Å². The lowest BCUT2D eigenvalue weighted by Crippen LogP contribution is -2.44. The van der Waals surface area contributed by atoms with Gasteiger partial charge in [-0.25, -0.2) is 13.1 Å². The molecule has 37 heavy (non-hydrogen) atoms. The third-order valence-electron chi connectivity index (χ3n) is 7.71. The molecule has 3 aromatic rings. The van der Waals surface area contributed by atoms with E-state index in [0.717, 1.165) is 49.4 Å². The minimum Gasteiger partial charge on any atom is -0.303 e. The van der Waals surface area contributed by atoms with Gasteiger partial charge in [0, 0.05) is 22.6 Å². The summed E-state index contributed by atoms with van der Waals surface area (Å²) in [6, 6.07) is 22.1. The van der Waals surface area contributed by atoms with Crippen LogP contribution in [0.4, 0.5) is 0 Å². The van der Waals surface area contributed by atoms with E-state index in [-0.39, 0.29) is 22.8 Å².